The molecule has 10 heteroatoms. The molecule has 1 N–H and O–H groups in total. The molecule has 0 radical (unpaired) electrons. The van der Waals surface area contributed by atoms with Gasteiger partial charge < -0.3 is 9.42 Å². The molecule has 0 unspecified atom stereocenters. The zero-order valence-electron chi connectivity index (χ0n) is 14.7. The van der Waals surface area contributed by atoms with Crippen molar-refractivity contribution in [3.8, 4) is 0 Å². The zero-order chi connectivity index (χ0) is 19.8. The number of hydrogen-bond donors (Lipinski definition) is 1. The molecule has 0 aliphatic carbocycles. The average molecular weight is 437 g/mol. The number of hydrogen-bond acceptors (Lipinski definition) is 6. The number of amides is 2. The minimum Gasteiger partial charge on any atom is -0.361 e. The average Bonchev–Trinajstić information content (AvgIpc) is 3.28. The number of nitrogens with one attached hydrogen (secondary N) is 1. The van der Waals surface area contributed by atoms with E-state index in [-0.39, 0.29) is 17.5 Å². The second-order valence-corrected chi connectivity index (χ2v) is 8.19. The molecular formula is C18H14Cl2N4O3S. The molecule has 0 saturated heterocycles. The van der Waals surface area contributed by atoms with Crippen LogP contribution in [0.15, 0.2) is 28.8 Å². The van der Waals surface area contributed by atoms with Crippen LogP contribution in [0.2, 0.25) is 10.0 Å². The molecule has 1 aliphatic heterocycles. The van der Waals surface area contributed by atoms with Crippen molar-refractivity contribution < 1.29 is 14.1 Å². The van der Waals surface area contributed by atoms with Crippen LogP contribution in [-0.2, 0) is 13.0 Å². The molecule has 0 atom stereocenters. The Bertz CT molecular complexity index is 1080. The van der Waals surface area contributed by atoms with Crippen molar-refractivity contribution in [1.82, 2.24) is 15.0 Å². The van der Waals surface area contributed by atoms with E-state index in [1.165, 1.54) is 11.3 Å². The van der Waals surface area contributed by atoms with Crippen LogP contribution in [0.5, 0.6) is 0 Å². The van der Waals surface area contributed by atoms with E-state index in [0.717, 1.165) is 10.6 Å². The molecule has 144 valence electrons. The Morgan fingerprint density at radius 3 is 2.86 bits per heavy atom. The van der Waals surface area contributed by atoms with Crippen molar-refractivity contribution in [2.75, 3.05) is 11.9 Å². The van der Waals surface area contributed by atoms with Gasteiger partial charge in [-0.05, 0) is 25.1 Å². The van der Waals surface area contributed by atoms with E-state index in [0.29, 0.717) is 46.0 Å². The number of benzene rings is 1. The largest absolute Gasteiger partial charge is 0.361 e. The van der Waals surface area contributed by atoms with Crippen molar-refractivity contribution in [3.05, 3.63) is 61.9 Å². The second kappa shape index (κ2) is 7.54. The van der Waals surface area contributed by atoms with Crippen LogP contribution in [0.4, 0.5) is 5.13 Å². The monoisotopic (exact) mass is 436 g/mol. The van der Waals surface area contributed by atoms with Crippen LogP contribution in [-0.4, -0.2) is 33.4 Å². The van der Waals surface area contributed by atoms with E-state index in [9.17, 15) is 9.59 Å². The summed E-state index contributed by atoms with van der Waals surface area (Å²) < 4.78 is 4.91. The molecule has 1 aromatic carbocycles. The van der Waals surface area contributed by atoms with Gasteiger partial charge in [-0.1, -0.05) is 39.7 Å². The Balaban J connectivity index is 1.49. The fourth-order valence-electron chi connectivity index (χ4n) is 2.89. The lowest BCUT2D eigenvalue weighted by molar-refractivity contribution is 0.0736. The lowest BCUT2D eigenvalue weighted by Crippen LogP contribution is -2.35. The van der Waals surface area contributed by atoms with E-state index in [1.807, 2.05) is 0 Å². The Hall–Kier alpha value is -2.42. The lowest BCUT2D eigenvalue weighted by Gasteiger charge is -2.26. The minimum atomic E-state index is -0.387. The van der Waals surface area contributed by atoms with E-state index >= 15 is 0 Å². The maximum atomic E-state index is 12.8. The topological polar surface area (TPSA) is 88.3 Å². The van der Waals surface area contributed by atoms with Crippen LogP contribution in [0.3, 0.4) is 0 Å². The second-order valence-electron chi connectivity index (χ2n) is 6.27. The molecule has 1 aliphatic rings. The lowest BCUT2D eigenvalue weighted by atomic mass is 10.1. The van der Waals surface area contributed by atoms with Gasteiger partial charge in [0.2, 0.25) is 0 Å². The first kappa shape index (κ1) is 18.9. The highest BCUT2D eigenvalue weighted by molar-refractivity contribution is 7.15. The first-order valence-electron chi connectivity index (χ1n) is 8.38. The summed E-state index contributed by atoms with van der Waals surface area (Å²) in [5.41, 5.74) is 1.44. The van der Waals surface area contributed by atoms with Gasteiger partial charge >= 0.3 is 0 Å². The number of halogens is 2. The van der Waals surface area contributed by atoms with Gasteiger partial charge in [0.15, 0.2) is 10.8 Å². The van der Waals surface area contributed by atoms with E-state index in [4.69, 9.17) is 27.7 Å². The Kier molecular flexibility index (Phi) is 5.09. The van der Waals surface area contributed by atoms with Crippen molar-refractivity contribution in [2.24, 2.45) is 0 Å². The highest BCUT2D eigenvalue weighted by atomic mass is 35.5. The Morgan fingerprint density at radius 2 is 2.11 bits per heavy atom. The predicted molar refractivity (Wildman–Crippen MR) is 106 cm³/mol. The predicted octanol–water partition coefficient (Wildman–Crippen LogP) is 4.20. The fraction of sp³-hybridized carbons (Fsp3) is 0.222. The number of thiazole rings is 1. The molecule has 4 rings (SSSR count). The van der Waals surface area contributed by atoms with Gasteiger partial charge in [0.05, 0.1) is 22.8 Å². The van der Waals surface area contributed by atoms with Gasteiger partial charge in [0, 0.05) is 28.9 Å². The molecule has 7 nitrogen and oxygen atoms in total. The number of carbonyl (C=O) groups excluding carboxylic acids is 2. The smallest absolute Gasteiger partial charge is 0.279 e. The van der Waals surface area contributed by atoms with Crippen molar-refractivity contribution in [2.45, 2.75) is 19.9 Å². The fourth-order valence-corrected chi connectivity index (χ4v) is 4.28. The first-order chi connectivity index (χ1) is 13.4. The number of rotatable bonds is 3. The summed E-state index contributed by atoms with van der Waals surface area (Å²) in [7, 11) is 0. The summed E-state index contributed by atoms with van der Waals surface area (Å²) in [6.07, 6.45) is 0.592. The molecule has 2 amide bonds. The van der Waals surface area contributed by atoms with Gasteiger partial charge in [0.1, 0.15) is 5.76 Å². The maximum Gasteiger partial charge on any atom is 0.279 e. The third-order valence-electron chi connectivity index (χ3n) is 4.26. The number of aromatic nitrogens is 2. The zero-order valence-corrected chi connectivity index (χ0v) is 17.0. The summed E-state index contributed by atoms with van der Waals surface area (Å²) in [6, 6.07) is 6.37. The van der Waals surface area contributed by atoms with Crippen LogP contribution in [0, 0.1) is 6.92 Å². The van der Waals surface area contributed by atoms with Crippen LogP contribution >= 0.6 is 34.5 Å². The molecule has 28 heavy (non-hydrogen) atoms. The van der Waals surface area contributed by atoms with Crippen molar-refractivity contribution >= 4 is 51.5 Å². The van der Waals surface area contributed by atoms with Gasteiger partial charge in [-0.25, -0.2) is 4.98 Å². The molecule has 0 spiro atoms. The molecule has 2 aromatic heterocycles. The van der Waals surface area contributed by atoms with Crippen LogP contribution in [0.1, 0.15) is 37.2 Å². The number of fused-ring (bicyclic) bond motifs is 1. The normalized spacial score (nSPS) is 13.3. The highest BCUT2D eigenvalue weighted by Crippen LogP contribution is 2.30. The summed E-state index contributed by atoms with van der Waals surface area (Å²) >= 11 is 13.5. The van der Waals surface area contributed by atoms with E-state index in [1.54, 1.807) is 36.1 Å². The minimum absolute atomic E-state index is 0.185. The van der Waals surface area contributed by atoms with Crippen molar-refractivity contribution in [3.63, 3.8) is 0 Å². The Labute approximate surface area is 174 Å². The summed E-state index contributed by atoms with van der Waals surface area (Å²) in [5.74, 6) is -0.0192. The number of anilines is 1. The van der Waals surface area contributed by atoms with Crippen LogP contribution < -0.4 is 5.32 Å². The van der Waals surface area contributed by atoms with Crippen LogP contribution in [0.25, 0.3) is 0 Å². The quantitative estimate of drug-likeness (QED) is 0.664. The Morgan fingerprint density at radius 1 is 1.29 bits per heavy atom. The molecular weight excluding hydrogens is 423 g/mol. The maximum absolute atomic E-state index is 12.8. The van der Waals surface area contributed by atoms with E-state index < -0.39 is 0 Å². The summed E-state index contributed by atoms with van der Waals surface area (Å²) in [4.78, 5) is 32.1. The molecule has 3 heterocycles. The van der Waals surface area contributed by atoms with Crippen molar-refractivity contribution in [1.29, 1.82) is 0 Å². The van der Waals surface area contributed by atoms with Gasteiger partial charge in [0.25, 0.3) is 11.8 Å². The highest BCUT2D eigenvalue weighted by Gasteiger charge is 2.27. The summed E-state index contributed by atoms with van der Waals surface area (Å²) in [6.45, 7) is 2.62. The molecule has 0 bridgehead atoms. The van der Waals surface area contributed by atoms with Gasteiger partial charge in [-0.2, -0.15) is 0 Å². The van der Waals surface area contributed by atoms with Gasteiger partial charge in [-0.15, -0.1) is 0 Å². The number of carbonyl (C=O) groups is 2. The molecule has 0 saturated carbocycles. The molecule has 3 aromatic rings. The first-order valence-corrected chi connectivity index (χ1v) is 9.95. The number of aryl methyl sites for hydroxylation is 1. The molecule has 0 fully saturated rings. The summed E-state index contributed by atoms with van der Waals surface area (Å²) in [5, 5.41) is 7.70. The van der Waals surface area contributed by atoms with Gasteiger partial charge in [-0.3, -0.25) is 14.9 Å². The third-order valence-corrected chi connectivity index (χ3v) is 5.82. The SMILES string of the molecule is Cc1cc(C(=O)Nc2nc3c(s2)CN(C(=O)c2cc(Cl)ccc2Cl)CC3)no1. The third kappa shape index (κ3) is 3.76. The van der Waals surface area contributed by atoms with E-state index in [2.05, 4.69) is 15.5 Å². The number of nitrogens with zero attached hydrogens (tertiary/aromatic N) is 3. The standard InChI is InChI=1S/C18H14Cl2N4O3S/c1-9-6-14(23-27-9)16(25)22-18-21-13-4-5-24(8-15(13)28-18)17(26)11-7-10(19)2-3-12(11)20/h2-3,6-7H,4-5,8H2,1H3,(H,21,22,25).